The molecule has 1 fully saturated rings. The van der Waals surface area contributed by atoms with Crippen molar-refractivity contribution in [1.29, 1.82) is 0 Å². The number of thiophene rings is 1. The minimum Gasteiger partial charge on any atom is -0.463 e. The van der Waals surface area contributed by atoms with Crippen molar-refractivity contribution in [3.8, 4) is 0 Å². The molecule has 0 spiro atoms. The Morgan fingerprint density at radius 2 is 1.87 bits per heavy atom. The first-order valence-corrected chi connectivity index (χ1v) is 11.1. The molecule has 1 aromatic heterocycles. The second-order valence-corrected chi connectivity index (χ2v) is 8.15. The molecule has 0 aliphatic carbocycles. The number of benzene rings is 1. The van der Waals surface area contributed by atoms with Crippen LogP contribution in [-0.4, -0.2) is 48.2 Å². The molecule has 0 N–H and O–H groups in total. The Hall–Kier alpha value is -2.48. The Morgan fingerprint density at radius 1 is 1.17 bits per heavy atom. The Morgan fingerprint density at radius 3 is 2.53 bits per heavy atom. The Balaban J connectivity index is 1.80. The molecule has 1 aromatic carbocycles. The molecule has 4 rings (SSSR count). The van der Waals surface area contributed by atoms with Crippen LogP contribution >= 0.6 is 11.3 Å². The zero-order chi connectivity index (χ0) is 21.1. The van der Waals surface area contributed by atoms with Crippen molar-refractivity contribution >= 4 is 29.4 Å². The maximum absolute atomic E-state index is 13.2. The van der Waals surface area contributed by atoms with Crippen LogP contribution < -0.4 is 0 Å². The highest BCUT2D eigenvalue weighted by atomic mass is 32.1. The van der Waals surface area contributed by atoms with Crippen LogP contribution in [0.25, 0.3) is 6.08 Å². The van der Waals surface area contributed by atoms with Crippen LogP contribution in [0, 0.1) is 0 Å². The van der Waals surface area contributed by atoms with E-state index in [1.807, 2.05) is 53.9 Å². The van der Waals surface area contributed by atoms with Crippen molar-refractivity contribution < 1.29 is 23.8 Å². The predicted molar refractivity (Wildman–Crippen MR) is 114 cm³/mol. The molecule has 30 heavy (non-hydrogen) atoms. The summed E-state index contributed by atoms with van der Waals surface area (Å²) in [7, 11) is 0. The predicted octanol–water partition coefficient (Wildman–Crippen LogP) is 3.58. The van der Waals surface area contributed by atoms with Gasteiger partial charge >= 0.3 is 11.9 Å². The quantitative estimate of drug-likeness (QED) is 0.519. The van der Waals surface area contributed by atoms with Crippen molar-refractivity contribution in [1.82, 2.24) is 4.90 Å². The summed E-state index contributed by atoms with van der Waals surface area (Å²) in [5, 5.41) is 2.01. The molecule has 2 aliphatic heterocycles. The summed E-state index contributed by atoms with van der Waals surface area (Å²) in [6.07, 6.45) is 4.11. The average molecular weight is 428 g/mol. The summed E-state index contributed by atoms with van der Waals surface area (Å²) < 4.78 is 17.0. The molecule has 158 valence electrons. The van der Waals surface area contributed by atoms with Crippen LogP contribution in [-0.2, 0) is 30.2 Å². The fourth-order valence-electron chi connectivity index (χ4n) is 4.11. The van der Waals surface area contributed by atoms with Crippen molar-refractivity contribution in [2.45, 2.75) is 38.1 Å². The van der Waals surface area contributed by atoms with Crippen molar-refractivity contribution in [2.75, 3.05) is 19.8 Å². The zero-order valence-electron chi connectivity index (χ0n) is 17.1. The summed E-state index contributed by atoms with van der Waals surface area (Å²) in [6.45, 7) is 4.39. The van der Waals surface area contributed by atoms with Gasteiger partial charge in [-0.1, -0.05) is 42.5 Å². The van der Waals surface area contributed by atoms with E-state index in [2.05, 4.69) is 4.90 Å². The third-order valence-electron chi connectivity index (χ3n) is 5.44. The first kappa shape index (κ1) is 20.8. The number of hydrogen-bond donors (Lipinski definition) is 0. The van der Waals surface area contributed by atoms with Crippen LogP contribution in [0.5, 0.6) is 0 Å². The van der Waals surface area contributed by atoms with Gasteiger partial charge in [0.2, 0.25) is 0 Å². The van der Waals surface area contributed by atoms with E-state index in [0.717, 1.165) is 17.5 Å². The summed E-state index contributed by atoms with van der Waals surface area (Å²) >= 11 is 1.67. The first-order chi connectivity index (χ1) is 14.6. The van der Waals surface area contributed by atoms with Crippen molar-refractivity contribution in [3.05, 3.63) is 63.9 Å². The lowest BCUT2D eigenvalue weighted by atomic mass is 9.92. The average Bonchev–Trinajstić information content (AvgIpc) is 3.36. The lowest BCUT2D eigenvalue weighted by Crippen LogP contribution is -2.57. The second-order valence-electron chi connectivity index (χ2n) is 7.15. The molecule has 0 radical (unpaired) electrons. The fraction of sp³-hybridized carbons (Fsp3) is 0.391. The molecule has 6 nitrogen and oxygen atoms in total. The minimum absolute atomic E-state index is 0.146. The van der Waals surface area contributed by atoms with E-state index in [1.165, 1.54) is 4.88 Å². The smallest absolute Gasteiger partial charge is 0.352 e. The summed E-state index contributed by atoms with van der Waals surface area (Å²) in [6, 6.07) is 11.1. The molecule has 0 unspecified atom stereocenters. The number of fused-ring (bicyclic) bond motifs is 3. The third-order valence-corrected chi connectivity index (χ3v) is 6.44. The van der Waals surface area contributed by atoms with E-state index in [4.69, 9.17) is 14.2 Å². The van der Waals surface area contributed by atoms with Crippen LogP contribution in [0.3, 0.4) is 0 Å². The van der Waals surface area contributed by atoms with E-state index in [1.54, 1.807) is 25.2 Å². The van der Waals surface area contributed by atoms with Crippen LogP contribution in [0.15, 0.2) is 47.9 Å². The van der Waals surface area contributed by atoms with Gasteiger partial charge in [-0.05, 0) is 37.3 Å². The Labute approximate surface area is 180 Å². The Bertz CT molecular complexity index is 920. The molecule has 2 atom stereocenters. The molecular weight excluding hydrogens is 402 g/mol. The topological polar surface area (TPSA) is 65.1 Å². The molecular formula is C23H25NO5S. The second kappa shape index (κ2) is 8.71. The van der Waals surface area contributed by atoms with Crippen LogP contribution in [0.1, 0.15) is 36.1 Å². The van der Waals surface area contributed by atoms with Gasteiger partial charge in [0.1, 0.15) is 6.23 Å². The number of carbonyl (C=O) groups is 2. The van der Waals surface area contributed by atoms with E-state index in [9.17, 15) is 9.59 Å². The summed E-state index contributed by atoms with van der Waals surface area (Å²) in [5.74, 6) is -1.42. The summed E-state index contributed by atoms with van der Waals surface area (Å²) in [5.41, 5.74) is 0.0986. The Kier molecular flexibility index (Phi) is 6.04. The normalized spacial score (nSPS) is 22.5. The standard InChI is InChI=1S/C23H25NO5S/c1-3-27-21(25)23(22(26)28-4-2)19(11-10-16-8-6-5-7-9-16)24-14-12-18-17(13-15-30-18)20(24)29-23/h5-11,13,15,19-20H,3-4,12,14H2,1-2H3/b11-10+/t19-,20+/m0/s1. The number of nitrogens with zero attached hydrogens (tertiary/aromatic N) is 1. The van der Waals surface area contributed by atoms with Crippen molar-refractivity contribution in [3.63, 3.8) is 0 Å². The monoisotopic (exact) mass is 427 g/mol. The molecule has 3 heterocycles. The zero-order valence-corrected chi connectivity index (χ0v) is 17.9. The van der Waals surface area contributed by atoms with Gasteiger partial charge in [-0.2, -0.15) is 0 Å². The molecule has 2 aliphatic rings. The largest absolute Gasteiger partial charge is 0.463 e. The van der Waals surface area contributed by atoms with E-state index in [-0.39, 0.29) is 13.2 Å². The van der Waals surface area contributed by atoms with Gasteiger partial charge in [0.25, 0.3) is 5.60 Å². The van der Waals surface area contributed by atoms with Gasteiger partial charge in [-0.15, -0.1) is 11.3 Å². The van der Waals surface area contributed by atoms with Gasteiger partial charge < -0.3 is 14.2 Å². The third kappa shape index (κ3) is 3.47. The molecule has 2 aromatic rings. The maximum Gasteiger partial charge on any atom is 0.352 e. The molecule has 0 amide bonds. The van der Waals surface area contributed by atoms with Gasteiger partial charge in [-0.25, -0.2) is 9.59 Å². The number of esters is 2. The minimum atomic E-state index is -1.87. The number of ether oxygens (including phenoxy) is 3. The van der Waals surface area contributed by atoms with Gasteiger partial charge in [0.05, 0.1) is 19.3 Å². The lowest BCUT2D eigenvalue weighted by molar-refractivity contribution is -0.189. The van der Waals surface area contributed by atoms with E-state index < -0.39 is 29.8 Å². The fourth-order valence-corrected chi connectivity index (χ4v) is 5.00. The highest BCUT2D eigenvalue weighted by molar-refractivity contribution is 7.10. The number of rotatable bonds is 6. The SMILES string of the molecule is CCOC(=O)C1(C(=O)OCC)O[C@@H]2c3ccsc3CCN2[C@H]1/C=C/c1ccccc1. The molecule has 7 heteroatoms. The van der Waals surface area contributed by atoms with Crippen molar-refractivity contribution in [2.24, 2.45) is 0 Å². The van der Waals surface area contributed by atoms with E-state index in [0.29, 0.717) is 6.54 Å². The highest BCUT2D eigenvalue weighted by Crippen LogP contribution is 2.47. The van der Waals surface area contributed by atoms with Gasteiger partial charge in [0.15, 0.2) is 0 Å². The molecule has 0 bridgehead atoms. The maximum atomic E-state index is 13.2. The molecule has 0 saturated carbocycles. The first-order valence-electron chi connectivity index (χ1n) is 10.2. The van der Waals surface area contributed by atoms with Crippen LogP contribution in [0.2, 0.25) is 0 Å². The number of carbonyl (C=O) groups excluding carboxylic acids is 2. The van der Waals surface area contributed by atoms with E-state index >= 15 is 0 Å². The highest BCUT2D eigenvalue weighted by Gasteiger charge is 2.65. The van der Waals surface area contributed by atoms with Gasteiger partial charge in [0, 0.05) is 17.0 Å². The van der Waals surface area contributed by atoms with Gasteiger partial charge in [-0.3, -0.25) is 4.90 Å². The summed E-state index contributed by atoms with van der Waals surface area (Å²) in [4.78, 5) is 29.7. The molecule has 1 saturated heterocycles. The lowest BCUT2D eigenvalue weighted by Gasteiger charge is -2.32. The van der Waals surface area contributed by atoms with Crippen LogP contribution in [0.4, 0.5) is 0 Å². The number of hydrogen-bond acceptors (Lipinski definition) is 7.